The Bertz CT molecular complexity index is 869. The fourth-order valence-electron chi connectivity index (χ4n) is 2.65. The van der Waals surface area contributed by atoms with Gasteiger partial charge in [-0.15, -0.1) is 0 Å². The van der Waals surface area contributed by atoms with Crippen LogP contribution in [-0.4, -0.2) is 23.4 Å². The van der Waals surface area contributed by atoms with Crippen molar-refractivity contribution in [1.82, 2.24) is 0 Å². The van der Waals surface area contributed by atoms with E-state index in [1.54, 1.807) is 25.1 Å². The Morgan fingerprint density at radius 1 is 1.18 bits per heavy atom. The van der Waals surface area contributed by atoms with E-state index in [0.717, 1.165) is 6.07 Å². The van der Waals surface area contributed by atoms with Crippen molar-refractivity contribution in [2.45, 2.75) is 32.6 Å². The number of aryl methyl sites for hydroxylation is 1. The van der Waals surface area contributed by atoms with E-state index in [-0.39, 0.29) is 35.8 Å². The van der Waals surface area contributed by atoms with E-state index in [2.05, 4.69) is 5.32 Å². The second-order valence-corrected chi connectivity index (χ2v) is 6.06. The van der Waals surface area contributed by atoms with Crippen molar-refractivity contribution in [3.63, 3.8) is 0 Å². The molecule has 2 aromatic rings. The Morgan fingerprint density at radius 2 is 1.93 bits per heavy atom. The van der Waals surface area contributed by atoms with Gasteiger partial charge in [-0.1, -0.05) is 18.2 Å². The number of hydrogen-bond acceptors (Lipinski definition) is 5. The standard InChI is InChI=1S/C20H21FN2O5/c1-2-28-20(25)15-11-12-18(23(26)27)17(13-15)22-19(24)10-6-4-8-14-7-3-5-9-16(14)21/h3,5,7,9,11-13H,2,4,6,8,10H2,1H3,(H,22,24). The van der Waals surface area contributed by atoms with Crippen LogP contribution in [0.5, 0.6) is 0 Å². The fourth-order valence-corrected chi connectivity index (χ4v) is 2.65. The van der Waals surface area contributed by atoms with Crippen LogP contribution in [0.15, 0.2) is 42.5 Å². The van der Waals surface area contributed by atoms with Crippen LogP contribution >= 0.6 is 0 Å². The molecule has 0 aliphatic rings. The number of amides is 1. The van der Waals surface area contributed by atoms with Gasteiger partial charge in [0.2, 0.25) is 5.91 Å². The number of unbranched alkanes of at least 4 members (excludes halogenated alkanes) is 1. The Balaban J connectivity index is 1.96. The Labute approximate surface area is 161 Å². The van der Waals surface area contributed by atoms with Gasteiger partial charge in [0.1, 0.15) is 11.5 Å². The first-order valence-corrected chi connectivity index (χ1v) is 8.91. The first-order chi connectivity index (χ1) is 13.4. The molecule has 0 spiro atoms. The molecule has 0 saturated heterocycles. The maximum atomic E-state index is 13.6. The fraction of sp³-hybridized carbons (Fsp3) is 0.300. The molecule has 1 amide bonds. The summed E-state index contributed by atoms with van der Waals surface area (Å²) in [5, 5.41) is 13.6. The highest BCUT2D eigenvalue weighted by Crippen LogP contribution is 2.26. The summed E-state index contributed by atoms with van der Waals surface area (Å²) in [4.78, 5) is 34.5. The van der Waals surface area contributed by atoms with Crippen molar-refractivity contribution in [1.29, 1.82) is 0 Å². The Kier molecular flexibility index (Phi) is 7.62. The number of halogens is 1. The summed E-state index contributed by atoms with van der Waals surface area (Å²) in [6.45, 7) is 1.81. The van der Waals surface area contributed by atoms with Gasteiger partial charge in [-0.25, -0.2) is 9.18 Å². The van der Waals surface area contributed by atoms with Gasteiger partial charge < -0.3 is 10.1 Å². The average molecular weight is 388 g/mol. The number of nitro groups is 1. The summed E-state index contributed by atoms with van der Waals surface area (Å²) in [6, 6.07) is 10.1. The molecule has 0 heterocycles. The Hall–Kier alpha value is -3.29. The number of hydrogen-bond donors (Lipinski definition) is 1. The molecule has 1 N–H and O–H groups in total. The zero-order chi connectivity index (χ0) is 20.5. The largest absolute Gasteiger partial charge is 0.462 e. The number of anilines is 1. The van der Waals surface area contributed by atoms with Crippen molar-refractivity contribution in [3.8, 4) is 0 Å². The molecule has 0 unspecified atom stereocenters. The number of nitro benzene ring substituents is 1. The zero-order valence-electron chi connectivity index (χ0n) is 15.4. The molecule has 28 heavy (non-hydrogen) atoms. The molecule has 148 valence electrons. The molecular weight excluding hydrogens is 367 g/mol. The summed E-state index contributed by atoms with van der Waals surface area (Å²) in [5.74, 6) is -1.33. The van der Waals surface area contributed by atoms with Crippen LogP contribution in [-0.2, 0) is 16.0 Å². The highest BCUT2D eigenvalue weighted by molar-refractivity contribution is 5.96. The van der Waals surface area contributed by atoms with Crippen molar-refractivity contribution >= 4 is 23.3 Å². The minimum atomic E-state index is -0.636. The first kappa shape index (κ1) is 21.0. The second-order valence-electron chi connectivity index (χ2n) is 6.06. The van der Waals surface area contributed by atoms with Gasteiger partial charge >= 0.3 is 5.97 Å². The molecule has 0 radical (unpaired) electrons. The van der Waals surface area contributed by atoms with E-state index in [1.807, 2.05) is 0 Å². The van der Waals surface area contributed by atoms with Gasteiger partial charge in [-0.05, 0) is 49.9 Å². The lowest BCUT2D eigenvalue weighted by Gasteiger charge is -2.08. The predicted molar refractivity (Wildman–Crippen MR) is 102 cm³/mol. The van der Waals surface area contributed by atoms with Crippen LogP contribution in [0.25, 0.3) is 0 Å². The highest BCUT2D eigenvalue weighted by Gasteiger charge is 2.19. The lowest BCUT2D eigenvalue weighted by molar-refractivity contribution is -0.383. The number of rotatable bonds is 9. The van der Waals surface area contributed by atoms with Gasteiger partial charge in [-0.3, -0.25) is 14.9 Å². The minimum Gasteiger partial charge on any atom is -0.462 e. The summed E-state index contributed by atoms with van der Waals surface area (Å²) in [5.41, 5.74) is 0.324. The van der Waals surface area contributed by atoms with Crippen LogP contribution in [0.1, 0.15) is 42.1 Å². The van der Waals surface area contributed by atoms with Crippen LogP contribution in [0.3, 0.4) is 0 Å². The number of benzene rings is 2. The van der Waals surface area contributed by atoms with Gasteiger partial charge in [0.05, 0.1) is 17.1 Å². The van der Waals surface area contributed by atoms with Crippen molar-refractivity contribution in [2.24, 2.45) is 0 Å². The van der Waals surface area contributed by atoms with Crippen LogP contribution in [0.2, 0.25) is 0 Å². The number of nitrogens with zero attached hydrogens (tertiary/aromatic N) is 1. The Morgan fingerprint density at radius 3 is 2.61 bits per heavy atom. The van der Waals surface area contributed by atoms with Crippen molar-refractivity contribution in [3.05, 3.63) is 69.5 Å². The van der Waals surface area contributed by atoms with E-state index < -0.39 is 16.8 Å². The number of nitrogens with one attached hydrogen (secondary N) is 1. The van der Waals surface area contributed by atoms with Crippen LogP contribution in [0.4, 0.5) is 15.8 Å². The molecule has 8 heteroatoms. The number of carbonyl (C=O) groups excluding carboxylic acids is 2. The molecule has 0 bridgehead atoms. The van der Waals surface area contributed by atoms with Crippen LogP contribution < -0.4 is 5.32 Å². The zero-order valence-corrected chi connectivity index (χ0v) is 15.4. The second kappa shape index (κ2) is 10.1. The van der Waals surface area contributed by atoms with E-state index >= 15 is 0 Å². The van der Waals surface area contributed by atoms with Crippen molar-refractivity contribution < 1.29 is 23.6 Å². The summed E-state index contributed by atoms with van der Waals surface area (Å²) >= 11 is 0. The van der Waals surface area contributed by atoms with E-state index in [1.165, 1.54) is 18.2 Å². The normalized spacial score (nSPS) is 10.4. The third-order valence-corrected chi connectivity index (χ3v) is 4.04. The molecule has 0 fully saturated rings. The van der Waals surface area contributed by atoms with E-state index in [0.29, 0.717) is 24.8 Å². The van der Waals surface area contributed by atoms with Crippen molar-refractivity contribution in [2.75, 3.05) is 11.9 Å². The molecule has 0 aliphatic carbocycles. The summed E-state index contributed by atoms with van der Waals surface area (Å²) < 4.78 is 18.4. The topological polar surface area (TPSA) is 98.5 Å². The smallest absolute Gasteiger partial charge is 0.338 e. The van der Waals surface area contributed by atoms with Gasteiger partial charge in [0, 0.05) is 12.5 Å². The lowest BCUT2D eigenvalue weighted by Crippen LogP contribution is -2.14. The molecule has 0 aromatic heterocycles. The maximum Gasteiger partial charge on any atom is 0.338 e. The first-order valence-electron chi connectivity index (χ1n) is 8.91. The monoisotopic (exact) mass is 388 g/mol. The van der Waals surface area contributed by atoms with E-state index in [4.69, 9.17) is 4.74 Å². The summed E-state index contributed by atoms with van der Waals surface area (Å²) in [7, 11) is 0. The molecule has 0 saturated carbocycles. The van der Waals surface area contributed by atoms with E-state index in [9.17, 15) is 24.1 Å². The van der Waals surface area contributed by atoms with Gasteiger partial charge in [0.15, 0.2) is 0 Å². The lowest BCUT2D eigenvalue weighted by atomic mass is 10.1. The third kappa shape index (κ3) is 5.87. The maximum absolute atomic E-state index is 13.6. The van der Waals surface area contributed by atoms with Crippen LogP contribution in [0, 0.1) is 15.9 Å². The molecule has 2 rings (SSSR count). The van der Waals surface area contributed by atoms with Gasteiger partial charge in [0.25, 0.3) is 5.69 Å². The molecule has 0 aliphatic heterocycles. The average Bonchev–Trinajstić information content (AvgIpc) is 2.66. The van der Waals surface area contributed by atoms with Gasteiger partial charge in [-0.2, -0.15) is 0 Å². The molecule has 0 atom stereocenters. The number of carbonyl (C=O) groups is 2. The number of ether oxygens (including phenoxy) is 1. The quantitative estimate of drug-likeness (QED) is 0.299. The molecule has 7 nitrogen and oxygen atoms in total. The number of esters is 1. The third-order valence-electron chi connectivity index (χ3n) is 4.04. The SMILES string of the molecule is CCOC(=O)c1ccc([N+](=O)[O-])c(NC(=O)CCCCc2ccccc2F)c1. The molecule has 2 aromatic carbocycles. The minimum absolute atomic E-state index is 0.0605. The molecular formula is C20H21FN2O5. The predicted octanol–water partition coefficient (Wildman–Crippen LogP) is 4.26. The summed E-state index contributed by atoms with van der Waals surface area (Å²) in [6.07, 6.45) is 1.71. The highest BCUT2D eigenvalue weighted by atomic mass is 19.1.